The summed E-state index contributed by atoms with van der Waals surface area (Å²) in [6.45, 7) is 1.60. The number of hydrogen-bond acceptors (Lipinski definition) is 3. The molecule has 15 heavy (non-hydrogen) atoms. The summed E-state index contributed by atoms with van der Waals surface area (Å²) >= 11 is 7.74. The summed E-state index contributed by atoms with van der Waals surface area (Å²) in [5.74, 6) is -0.745. The zero-order chi connectivity index (χ0) is 11.4. The summed E-state index contributed by atoms with van der Waals surface area (Å²) in [5, 5.41) is 21.9. The van der Waals surface area contributed by atoms with Crippen molar-refractivity contribution in [2.45, 2.75) is 20.8 Å². The third-order valence-electron chi connectivity index (χ3n) is 0.302. The Hall–Kier alpha value is -0.150. The average Bonchev–Trinajstić information content (AvgIpc) is 1.84. The summed E-state index contributed by atoms with van der Waals surface area (Å²) in [4.78, 5) is 9.37. The van der Waals surface area contributed by atoms with Crippen molar-refractivity contribution in [3.8, 4) is 0 Å². The van der Waals surface area contributed by atoms with Gasteiger partial charge in [0.15, 0.2) is 0 Å². The first-order valence-electron chi connectivity index (χ1n) is 2.92. The molecule has 0 saturated heterocycles. The Morgan fingerprint density at radius 1 is 1.13 bits per heavy atom. The van der Waals surface area contributed by atoms with Crippen LogP contribution in [-0.4, -0.2) is 61.2 Å². The number of aliphatic carboxylic acids is 1. The van der Waals surface area contributed by atoms with E-state index in [1.807, 2.05) is 0 Å². The molecule has 0 rings (SSSR count). The van der Waals surface area contributed by atoms with Crippen LogP contribution in [0.5, 0.6) is 0 Å². The monoisotopic (exact) mass is 268 g/mol. The molecule has 0 atom stereocenters. The van der Waals surface area contributed by atoms with E-state index in [1.165, 1.54) is 0 Å². The summed E-state index contributed by atoms with van der Waals surface area (Å²) in [6.07, 6.45) is 0.222. The molecule has 0 spiro atoms. The van der Waals surface area contributed by atoms with Gasteiger partial charge in [-0.25, -0.2) is 0 Å². The van der Waals surface area contributed by atoms with Gasteiger partial charge >= 0.3 is 35.5 Å². The molecule has 7 N–H and O–H groups in total. The second kappa shape index (κ2) is 23.6. The third kappa shape index (κ3) is 568. The molecule has 6 nitrogen and oxygen atoms in total. The van der Waals surface area contributed by atoms with Gasteiger partial charge in [-0.3, -0.25) is 4.79 Å². The number of thiocarbonyl (C=S) groups is 2. The van der Waals surface area contributed by atoms with Crippen LogP contribution in [-0.2, 0) is 4.79 Å². The molecule has 0 aromatic heterocycles. The van der Waals surface area contributed by atoms with Gasteiger partial charge in [0.2, 0.25) is 0 Å². The van der Waals surface area contributed by atoms with E-state index in [0.717, 1.165) is 0 Å². The van der Waals surface area contributed by atoms with Crippen LogP contribution in [0.15, 0.2) is 0 Å². The van der Waals surface area contributed by atoms with Gasteiger partial charge in [0, 0.05) is 6.42 Å². The van der Waals surface area contributed by atoms with Crippen molar-refractivity contribution in [3.63, 3.8) is 0 Å². The molecule has 0 fully saturated rings. The minimum atomic E-state index is -0.745. The molecule has 0 heterocycles. The van der Waals surface area contributed by atoms with Crippen LogP contribution in [0.4, 0.5) is 0 Å². The molecule has 0 amide bonds. The molecule has 0 aliphatic carbocycles. The molecule has 0 saturated carbocycles. The Labute approximate surface area is 122 Å². The zero-order valence-electron chi connectivity index (χ0n) is 6.93. The standard InChI is InChI=1S/C3H6O2.2CH3NOS.CH4.Na.H/c1-2-3(4)5;2*2-1(3)4;;;/h2H2,1H3,(H,4,5);2*(H3,2,3,4);1H4;;. The van der Waals surface area contributed by atoms with E-state index in [2.05, 4.69) is 35.9 Å². The van der Waals surface area contributed by atoms with Crippen LogP contribution in [0.2, 0.25) is 0 Å². The molecule has 0 bridgehead atoms. The Morgan fingerprint density at radius 2 is 1.20 bits per heavy atom. The third-order valence-corrected chi connectivity index (χ3v) is 0.302. The molecule has 0 aromatic carbocycles. The van der Waals surface area contributed by atoms with Gasteiger partial charge < -0.3 is 26.8 Å². The van der Waals surface area contributed by atoms with Crippen LogP contribution in [0.3, 0.4) is 0 Å². The fourth-order valence-corrected chi connectivity index (χ4v) is 0. The summed E-state index contributed by atoms with van der Waals surface area (Å²) in [5.41, 5.74) is 8.80. The van der Waals surface area contributed by atoms with E-state index in [1.54, 1.807) is 6.92 Å². The second-order valence-corrected chi connectivity index (χ2v) is 2.26. The summed E-state index contributed by atoms with van der Waals surface area (Å²) < 4.78 is 0. The van der Waals surface area contributed by atoms with Crippen molar-refractivity contribution in [2.24, 2.45) is 11.5 Å². The van der Waals surface area contributed by atoms with Crippen LogP contribution < -0.4 is 11.5 Å². The van der Waals surface area contributed by atoms with Crippen molar-refractivity contribution in [2.75, 3.05) is 0 Å². The van der Waals surface area contributed by atoms with E-state index in [-0.39, 0.29) is 43.4 Å². The normalized spacial score (nSPS) is 5.67. The molecule has 0 aliphatic heterocycles. The first kappa shape index (κ1) is 29.4. The molecular weight excluding hydrogens is 251 g/mol. The minimum absolute atomic E-state index is 0. The molecule has 9 heteroatoms. The fourth-order valence-electron chi connectivity index (χ4n) is 0. The first-order chi connectivity index (χ1) is 5.73. The molecule has 88 valence electrons. The number of aliphatic hydroxyl groups excluding tert-OH is 2. The molecular formula is C6H17N2NaO4S2. The Balaban J connectivity index is -0.0000000315. The zero-order valence-corrected chi connectivity index (χ0v) is 8.56. The van der Waals surface area contributed by atoms with Crippen molar-refractivity contribution in [3.05, 3.63) is 0 Å². The maximum absolute atomic E-state index is 9.37. The average molecular weight is 268 g/mol. The molecule has 0 radical (unpaired) electrons. The first-order valence-corrected chi connectivity index (χ1v) is 3.74. The van der Waals surface area contributed by atoms with Gasteiger partial charge in [0.25, 0.3) is 10.3 Å². The van der Waals surface area contributed by atoms with Crippen molar-refractivity contribution in [1.82, 2.24) is 0 Å². The number of hydrogen-bond donors (Lipinski definition) is 5. The van der Waals surface area contributed by atoms with Gasteiger partial charge in [-0.2, -0.15) is 0 Å². The van der Waals surface area contributed by atoms with Crippen LogP contribution in [0, 0.1) is 0 Å². The summed E-state index contributed by atoms with van der Waals surface area (Å²) in [7, 11) is 0. The van der Waals surface area contributed by atoms with Crippen molar-refractivity contribution < 1.29 is 20.1 Å². The fraction of sp³-hybridized carbons (Fsp3) is 0.500. The van der Waals surface area contributed by atoms with Crippen LogP contribution >= 0.6 is 24.4 Å². The number of rotatable bonds is 1. The SMILES string of the molecule is C.CCC(=O)O.NC(O)=S.NC(O)=S.[NaH]. The summed E-state index contributed by atoms with van der Waals surface area (Å²) in [6, 6.07) is 0. The van der Waals surface area contributed by atoms with Gasteiger partial charge in [-0.1, -0.05) is 14.4 Å². The predicted octanol–water partition coefficient (Wildman–Crippen LogP) is 0.0446. The number of carboxylic acid groups (broad SMARTS) is 1. The van der Waals surface area contributed by atoms with E-state index >= 15 is 0 Å². The maximum atomic E-state index is 9.37. The van der Waals surface area contributed by atoms with E-state index < -0.39 is 16.3 Å². The van der Waals surface area contributed by atoms with Gasteiger partial charge in [0.1, 0.15) is 0 Å². The second-order valence-electron chi connectivity index (χ2n) is 1.42. The van der Waals surface area contributed by atoms with Crippen molar-refractivity contribution >= 4 is 70.3 Å². The quantitative estimate of drug-likeness (QED) is 0.333. The van der Waals surface area contributed by atoms with Crippen LogP contribution in [0.1, 0.15) is 20.8 Å². The Bertz CT molecular complexity index is 161. The van der Waals surface area contributed by atoms with Gasteiger partial charge in [-0.05, 0) is 24.4 Å². The molecule has 0 aromatic rings. The van der Waals surface area contributed by atoms with Crippen molar-refractivity contribution in [1.29, 1.82) is 0 Å². The Kier molecular flexibility index (Phi) is 46.1. The van der Waals surface area contributed by atoms with Gasteiger partial charge in [0.05, 0.1) is 0 Å². The number of carboxylic acids is 1. The van der Waals surface area contributed by atoms with Gasteiger partial charge in [-0.15, -0.1) is 0 Å². The number of aliphatic hydroxyl groups is 2. The van der Waals surface area contributed by atoms with E-state index in [4.69, 9.17) is 15.3 Å². The van der Waals surface area contributed by atoms with E-state index in [0.29, 0.717) is 0 Å². The number of nitrogens with two attached hydrogens (primary N) is 2. The van der Waals surface area contributed by atoms with E-state index in [9.17, 15) is 4.79 Å². The molecule has 0 aliphatic rings. The number of carbonyl (C=O) groups is 1. The predicted molar refractivity (Wildman–Crippen MR) is 70.6 cm³/mol. The Morgan fingerprint density at radius 3 is 1.20 bits per heavy atom. The topological polar surface area (TPSA) is 130 Å². The van der Waals surface area contributed by atoms with Crippen LogP contribution in [0.25, 0.3) is 0 Å². The molecule has 0 unspecified atom stereocenters.